The number of benzene rings is 2. The molecule has 0 bridgehead atoms. The van der Waals surface area contributed by atoms with Crippen molar-refractivity contribution in [3.8, 4) is 0 Å². The molecule has 5 rings (SSSR count). The predicted octanol–water partition coefficient (Wildman–Crippen LogP) is 1.38. The number of amides is 3. The number of imide groups is 1. The Balaban J connectivity index is 1.35. The molecule has 11 nitrogen and oxygen atoms in total. The first-order valence-electron chi connectivity index (χ1n) is 10.7. The molecule has 0 N–H and O–H groups in total. The van der Waals surface area contributed by atoms with Crippen molar-refractivity contribution >= 4 is 40.6 Å². The molecule has 2 aromatic carbocycles. The van der Waals surface area contributed by atoms with E-state index in [4.69, 9.17) is 4.74 Å². The summed E-state index contributed by atoms with van der Waals surface area (Å²) in [4.78, 5) is 64.2. The minimum absolute atomic E-state index is 0.111. The quantitative estimate of drug-likeness (QED) is 0.150. The van der Waals surface area contributed by atoms with Crippen molar-refractivity contribution in [1.29, 1.82) is 0 Å². The molecule has 0 spiro atoms. The lowest BCUT2D eigenvalue weighted by molar-refractivity contribution is -0.384. The molecule has 0 aliphatic carbocycles. The molecule has 3 unspecified atom stereocenters. The summed E-state index contributed by atoms with van der Waals surface area (Å²) < 4.78 is 17.5. The van der Waals surface area contributed by atoms with E-state index in [1.807, 2.05) is 0 Å². The number of nitrogens with zero attached hydrogens (tertiary/aromatic N) is 3. The third kappa shape index (κ3) is 3.24. The van der Waals surface area contributed by atoms with Gasteiger partial charge in [0.05, 0.1) is 16.1 Å². The van der Waals surface area contributed by atoms with Crippen LogP contribution in [0.3, 0.4) is 0 Å². The van der Waals surface area contributed by atoms with Gasteiger partial charge in [-0.3, -0.25) is 34.3 Å². The Morgan fingerprint density at radius 2 is 1.63 bits per heavy atom. The Morgan fingerprint density at radius 1 is 1.06 bits per heavy atom. The first kappa shape index (κ1) is 23.0. The van der Waals surface area contributed by atoms with Crippen LogP contribution in [0.15, 0.2) is 48.5 Å². The topological polar surface area (TPSA) is 150 Å². The molecule has 3 aliphatic heterocycles. The number of ether oxygens (including phenoxy) is 1. The van der Waals surface area contributed by atoms with E-state index in [9.17, 15) is 33.8 Å². The average Bonchev–Trinajstić information content (AvgIpc) is 3.18. The summed E-state index contributed by atoms with van der Waals surface area (Å²) in [5.41, 5.74) is 0.730. The molecule has 3 aliphatic rings. The maximum absolute atomic E-state index is 13.4. The Hall–Kier alpha value is -3.77. The second kappa shape index (κ2) is 7.89. The lowest BCUT2D eigenvalue weighted by Crippen LogP contribution is -2.72. The van der Waals surface area contributed by atoms with Crippen LogP contribution in [-0.4, -0.2) is 65.2 Å². The number of β-lactam (4-membered cyclic amide) rings is 1. The Morgan fingerprint density at radius 3 is 2.17 bits per heavy atom. The molecular formula is C23H19N3O8S. The zero-order chi connectivity index (χ0) is 25.2. The summed E-state index contributed by atoms with van der Waals surface area (Å²) in [6, 6.07) is 9.18. The van der Waals surface area contributed by atoms with Crippen molar-refractivity contribution < 1.29 is 33.4 Å². The van der Waals surface area contributed by atoms with Gasteiger partial charge in [-0.2, -0.15) is 0 Å². The number of fused-ring (bicyclic) bond motifs is 2. The van der Waals surface area contributed by atoms with Crippen LogP contribution in [0.25, 0.3) is 0 Å². The molecule has 2 saturated heterocycles. The van der Waals surface area contributed by atoms with Gasteiger partial charge in [0.2, 0.25) is 5.37 Å². The maximum atomic E-state index is 13.4. The van der Waals surface area contributed by atoms with Crippen LogP contribution >= 0.6 is 0 Å². The summed E-state index contributed by atoms with van der Waals surface area (Å²) in [6.45, 7) is 2.92. The van der Waals surface area contributed by atoms with Crippen LogP contribution < -0.4 is 0 Å². The zero-order valence-electron chi connectivity index (χ0n) is 18.6. The van der Waals surface area contributed by atoms with E-state index in [2.05, 4.69) is 0 Å². The molecule has 0 aromatic heterocycles. The predicted molar refractivity (Wildman–Crippen MR) is 120 cm³/mol. The van der Waals surface area contributed by atoms with E-state index >= 15 is 0 Å². The second-order valence-corrected chi connectivity index (χ2v) is 11.1. The SMILES string of the molecule is CC1(C)C(C(=O)OCc2ccc([N+](=O)[O-])cc2)N2C(=O)C(N3C(=O)c4ccccc4C3=O)[C@H]2[S+]1[O-]. The van der Waals surface area contributed by atoms with E-state index in [1.54, 1.807) is 26.0 Å². The summed E-state index contributed by atoms with van der Waals surface area (Å²) in [5.74, 6) is -2.72. The average molecular weight is 497 g/mol. The van der Waals surface area contributed by atoms with Gasteiger partial charge in [-0.05, 0) is 54.9 Å². The number of rotatable bonds is 5. The molecule has 3 amide bonds. The minimum Gasteiger partial charge on any atom is -0.614 e. The van der Waals surface area contributed by atoms with Gasteiger partial charge >= 0.3 is 5.97 Å². The van der Waals surface area contributed by atoms with Gasteiger partial charge in [0.15, 0.2) is 16.8 Å². The van der Waals surface area contributed by atoms with E-state index in [0.717, 1.165) is 9.80 Å². The van der Waals surface area contributed by atoms with Crippen molar-refractivity contribution in [1.82, 2.24) is 9.80 Å². The molecule has 2 aromatic rings. The fourth-order valence-corrected chi connectivity index (χ4v) is 6.72. The number of carbonyl (C=O) groups is 4. The van der Waals surface area contributed by atoms with Crippen molar-refractivity contribution in [2.75, 3.05) is 0 Å². The zero-order valence-corrected chi connectivity index (χ0v) is 19.4. The van der Waals surface area contributed by atoms with Crippen molar-refractivity contribution in [2.24, 2.45) is 0 Å². The normalized spacial score (nSPS) is 26.3. The molecular weight excluding hydrogens is 478 g/mol. The Kier molecular flexibility index (Phi) is 5.18. The number of nitro groups is 1. The van der Waals surface area contributed by atoms with E-state index < -0.39 is 62.0 Å². The lowest BCUT2D eigenvalue weighted by Gasteiger charge is -2.44. The first-order valence-corrected chi connectivity index (χ1v) is 11.9. The summed E-state index contributed by atoms with van der Waals surface area (Å²) in [7, 11) is 0. The Bertz CT molecular complexity index is 1260. The second-order valence-electron chi connectivity index (χ2n) is 8.94. The highest BCUT2D eigenvalue weighted by atomic mass is 32.2. The van der Waals surface area contributed by atoms with E-state index in [0.29, 0.717) is 5.56 Å². The van der Waals surface area contributed by atoms with E-state index in [-0.39, 0.29) is 23.4 Å². The van der Waals surface area contributed by atoms with Crippen LogP contribution in [0, 0.1) is 10.1 Å². The van der Waals surface area contributed by atoms with Gasteiger partial charge in [0, 0.05) is 12.1 Å². The van der Waals surface area contributed by atoms with Gasteiger partial charge in [-0.25, -0.2) is 4.79 Å². The first-order chi connectivity index (χ1) is 16.6. The standard InChI is InChI=1S/C23H19N3O8S/c1-23(2)17(22(30)34-11-12-7-9-13(10-8-12)26(31)32)25-20(29)16(21(25)35(23)33)24-18(27)14-5-3-4-6-15(14)19(24)28/h3-10,16-17,21H,11H2,1-2H3/t16?,17?,21-,35?/m1/s1. The van der Waals surface area contributed by atoms with Crippen LogP contribution in [-0.2, 0) is 32.1 Å². The summed E-state index contributed by atoms with van der Waals surface area (Å²) >= 11 is -1.79. The smallest absolute Gasteiger partial charge is 0.334 e. The number of hydrogen-bond donors (Lipinski definition) is 0. The minimum atomic E-state index is -1.79. The van der Waals surface area contributed by atoms with E-state index in [1.165, 1.54) is 36.4 Å². The van der Waals surface area contributed by atoms with Crippen molar-refractivity contribution in [2.45, 2.75) is 42.7 Å². The highest BCUT2D eigenvalue weighted by Crippen LogP contribution is 2.49. The maximum Gasteiger partial charge on any atom is 0.334 e. The van der Waals surface area contributed by atoms with Crippen LogP contribution in [0.4, 0.5) is 5.69 Å². The molecule has 0 radical (unpaired) electrons. The highest BCUT2D eigenvalue weighted by molar-refractivity contribution is 7.94. The number of non-ortho nitro benzene ring substituents is 1. The number of carbonyl (C=O) groups excluding carboxylic acids is 4. The van der Waals surface area contributed by atoms with Gasteiger partial charge in [0.1, 0.15) is 6.61 Å². The highest BCUT2D eigenvalue weighted by Gasteiger charge is 2.75. The largest absolute Gasteiger partial charge is 0.614 e. The molecule has 4 atom stereocenters. The summed E-state index contributed by atoms with van der Waals surface area (Å²) in [5, 5.41) is 9.76. The summed E-state index contributed by atoms with van der Waals surface area (Å²) in [6.07, 6.45) is 0. The molecule has 180 valence electrons. The van der Waals surface area contributed by atoms with Gasteiger partial charge in [-0.1, -0.05) is 12.1 Å². The van der Waals surface area contributed by atoms with Crippen molar-refractivity contribution in [3.05, 3.63) is 75.3 Å². The molecule has 35 heavy (non-hydrogen) atoms. The molecule has 2 fully saturated rings. The Labute approximate surface area is 202 Å². The van der Waals surface area contributed by atoms with Crippen molar-refractivity contribution in [3.63, 3.8) is 0 Å². The van der Waals surface area contributed by atoms with Crippen LogP contribution in [0.5, 0.6) is 0 Å². The fraction of sp³-hybridized carbons (Fsp3) is 0.304. The van der Waals surface area contributed by atoms with Gasteiger partial charge in [-0.15, -0.1) is 0 Å². The number of esters is 1. The molecule has 12 heteroatoms. The molecule has 0 saturated carbocycles. The van der Waals surface area contributed by atoms with Crippen LogP contribution in [0.1, 0.15) is 40.1 Å². The van der Waals surface area contributed by atoms with Gasteiger partial charge < -0.3 is 9.29 Å². The lowest BCUT2D eigenvalue weighted by atomic mass is 9.95. The monoisotopic (exact) mass is 497 g/mol. The van der Waals surface area contributed by atoms with Gasteiger partial charge in [0.25, 0.3) is 23.4 Å². The van der Waals surface area contributed by atoms with Crippen LogP contribution in [0.2, 0.25) is 0 Å². The fourth-order valence-electron chi connectivity index (χ4n) is 4.76. The third-order valence-corrected chi connectivity index (χ3v) is 8.77. The number of nitro benzene ring substituents is 1. The number of hydrogen-bond acceptors (Lipinski definition) is 8. The third-order valence-electron chi connectivity index (χ3n) is 6.58. The molecule has 3 heterocycles.